The standard InChI is InChI=1S/C23H26N4O3/c1-14(2)10-11-27-22(15-12-18(28-3)20(30-5)19(13-15)29-4)26-21-23(27)25-17-9-7-6-8-16(17)24-21/h6-9,12-14H,10-11H2,1-5H3. The SMILES string of the molecule is COc1cc(-c2nc3nc4ccccc4nc3n2CCC(C)C)cc(OC)c1OC. The number of aryl methyl sites for hydroxylation is 1. The Kier molecular flexibility index (Phi) is 5.44. The van der Waals surface area contributed by atoms with E-state index in [2.05, 4.69) is 18.4 Å². The minimum absolute atomic E-state index is 0.545. The lowest BCUT2D eigenvalue weighted by molar-refractivity contribution is 0.324. The van der Waals surface area contributed by atoms with E-state index in [0.717, 1.165) is 41.0 Å². The molecule has 0 atom stereocenters. The predicted molar refractivity (Wildman–Crippen MR) is 117 cm³/mol. The van der Waals surface area contributed by atoms with Crippen LogP contribution in [0.15, 0.2) is 36.4 Å². The second-order valence-electron chi connectivity index (χ2n) is 7.54. The highest BCUT2D eigenvalue weighted by Gasteiger charge is 2.20. The number of para-hydroxylation sites is 2. The van der Waals surface area contributed by atoms with Gasteiger partial charge in [-0.1, -0.05) is 26.0 Å². The van der Waals surface area contributed by atoms with Crippen LogP contribution in [0.3, 0.4) is 0 Å². The number of hydrogen-bond donors (Lipinski definition) is 0. The highest BCUT2D eigenvalue weighted by Crippen LogP contribution is 2.41. The quantitative estimate of drug-likeness (QED) is 0.442. The topological polar surface area (TPSA) is 71.3 Å². The fourth-order valence-electron chi connectivity index (χ4n) is 3.53. The van der Waals surface area contributed by atoms with Gasteiger partial charge >= 0.3 is 0 Å². The molecule has 2 aromatic carbocycles. The van der Waals surface area contributed by atoms with Crippen molar-refractivity contribution in [2.24, 2.45) is 5.92 Å². The lowest BCUT2D eigenvalue weighted by Gasteiger charge is -2.15. The van der Waals surface area contributed by atoms with E-state index in [1.54, 1.807) is 21.3 Å². The zero-order valence-corrected chi connectivity index (χ0v) is 18.0. The largest absolute Gasteiger partial charge is 0.493 e. The van der Waals surface area contributed by atoms with E-state index >= 15 is 0 Å². The minimum Gasteiger partial charge on any atom is -0.493 e. The first-order valence-electron chi connectivity index (χ1n) is 9.99. The van der Waals surface area contributed by atoms with E-state index < -0.39 is 0 Å². The number of ether oxygens (including phenoxy) is 3. The average Bonchev–Trinajstić information content (AvgIpc) is 3.12. The van der Waals surface area contributed by atoms with Crippen LogP contribution in [0.4, 0.5) is 0 Å². The summed E-state index contributed by atoms with van der Waals surface area (Å²) in [5.41, 5.74) is 3.94. The lowest BCUT2D eigenvalue weighted by Crippen LogP contribution is -2.05. The molecule has 4 aromatic rings. The number of nitrogens with zero attached hydrogens (tertiary/aromatic N) is 4. The molecule has 30 heavy (non-hydrogen) atoms. The summed E-state index contributed by atoms with van der Waals surface area (Å²) < 4.78 is 18.7. The van der Waals surface area contributed by atoms with Gasteiger partial charge in [-0.25, -0.2) is 15.0 Å². The van der Waals surface area contributed by atoms with Gasteiger partial charge < -0.3 is 18.8 Å². The molecule has 0 bridgehead atoms. The Bertz CT molecular complexity index is 1170. The fraction of sp³-hybridized carbons (Fsp3) is 0.348. The number of imidazole rings is 1. The summed E-state index contributed by atoms with van der Waals surface area (Å²) in [7, 11) is 4.81. The van der Waals surface area contributed by atoms with Crippen LogP contribution in [0, 0.1) is 5.92 Å². The molecule has 0 fully saturated rings. The van der Waals surface area contributed by atoms with Gasteiger partial charge in [0.05, 0.1) is 32.4 Å². The maximum Gasteiger partial charge on any atom is 0.203 e. The zero-order chi connectivity index (χ0) is 21.3. The number of rotatable bonds is 7. The number of aromatic nitrogens is 4. The first-order chi connectivity index (χ1) is 14.5. The maximum absolute atomic E-state index is 5.54. The molecule has 0 saturated carbocycles. The van der Waals surface area contributed by atoms with Gasteiger partial charge in [0.15, 0.2) is 22.8 Å². The Morgan fingerprint density at radius 1 is 0.867 bits per heavy atom. The van der Waals surface area contributed by atoms with Crippen LogP contribution < -0.4 is 14.2 Å². The van der Waals surface area contributed by atoms with Crippen molar-refractivity contribution in [3.63, 3.8) is 0 Å². The first kappa shape index (κ1) is 19.9. The Labute approximate surface area is 175 Å². The summed E-state index contributed by atoms with van der Waals surface area (Å²) in [4.78, 5) is 14.5. The van der Waals surface area contributed by atoms with Gasteiger partial charge in [0.2, 0.25) is 5.75 Å². The third-order valence-electron chi connectivity index (χ3n) is 5.11. The van der Waals surface area contributed by atoms with Crippen LogP contribution in [-0.2, 0) is 6.54 Å². The Balaban J connectivity index is 1.97. The molecular formula is C23H26N4O3. The van der Waals surface area contributed by atoms with Gasteiger partial charge in [-0.2, -0.15) is 0 Å². The second-order valence-corrected chi connectivity index (χ2v) is 7.54. The Morgan fingerprint density at radius 3 is 2.07 bits per heavy atom. The van der Waals surface area contributed by atoms with Gasteiger partial charge in [-0.05, 0) is 36.6 Å². The first-order valence-corrected chi connectivity index (χ1v) is 9.99. The monoisotopic (exact) mass is 406 g/mol. The van der Waals surface area contributed by atoms with E-state index in [-0.39, 0.29) is 0 Å². The molecular weight excluding hydrogens is 380 g/mol. The molecule has 4 rings (SSSR count). The van der Waals surface area contributed by atoms with Gasteiger partial charge in [0.25, 0.3) is 0 Å². The molecule has 0 N–H and O–H groups in total. The van der Waals surface area contributed by atoms with E-state index in [9.17, 15) is 0 Å². The van der Waals surface area contributed by atoms with Crippen molar-refractivity contribution in [1.82, 2.24) is 19.5 Å². The van der Waals surface area contributed by atoms with Crippen molar-refractivity contribution in [1.29, 1.82) is 0 Å². The Hall–Kier alpha value is -3.35. The van der Waals surface area contributed by atoms with Gasteiger partial charge in [-0.15, -0.1) is 0 Å². The van der Waals surface area contributed by atoms with Crippen molar-refractivity contribution in [2.75, 3.05) is 21.3 Å². The summed E-state index contributed by atoms with van der Waals surface area (Å²) in [6.45, 7) is 5.20. The second kappa shape index (κ2) is 8.18. The summed E-state index contributed by atoms with van der Waals surface area (Å²) >= 11 is 0. The highest BCUT2D eigenvalue weighted by atomic mass is 16.5. The zero-order valence-electron chi connectivity index (χ0n) is 18.0. The third kappa shape index (κ3) is 3.51. The normalized spacial score (nSPS) is 11.4. The molecule has 0 aliphatic carbocycles. The average molecular weight is 406 g/mol. The van der Waals surface area contributed by atoms with Crippen molar-refractivity contribution in [2.45, 2.75) is 26.8 Å². The van der Waals surface area contributed by atoms with E-state index in [0.29, 0.717) is 28.8 Å². The molecule has 2 aromatic heterocycles. The van der Waals surface area contributed by atoms with Crippen LogP contribution in [0.1, 0.15) is 20.3 Å². The number of fused-ring (bicyclic) bond motifs is 2. The molecule has 0 spiro atoms. The van der Waals surface area contributed by atoms with Crippen LogP contribution in [0.25, 0.3) is 33.7 Å². The number of hydrogen-bond acceptors (Lipinski definition) is 6. The van der Waals surface area contributed by atoms with E-state index in [1.165, 1.54) is 0 Å². The van der Waals surface area contributed by atoms with Crippen molar-refractivity contribution in [3.05, 3.63) is 36.4 Å². The summed E-state index contributed by atoms with van der Waals surface area (Å²) in [6.07, 6.45) is 0.997. The smallest absolute Gasteiger partial charge is 0.203 e. The lowest BCUT2D eigenvalue weighted by atomic mass is 10.1. The Morgan fingerprint density at radius 2 is 1.50 bits per heavy atom. The van der Waals surface area contributed by atoms with E-state index in [1.807, 2.05) is 36.4 Å². The molecule has 0 amide bonds. The highest BCUT2D eigenvalue weighted by molar-refractivity contribution is 5.85. The van der Waals surface area contributed by atoms with Gasteiger partial charge in [0, 0.05) is 12.1 Å². The molecule has 0 aliphatic rings. The maximum atomic E-state index is 5.54. The summed E-state index contributed by atoms with van der Waals surface area (Å²) in [5.74, 6) is 3.04. The molecule has 0 saturated heterocycles. The molecule has 156 valence electrons. The van der Waals surface area contributed by atoms with E-state index in [4.69, 9.17) is 29.2 Å². The van der Waals surface area contributed by atoms with Crippen LogP contribution >= 0.6 is 0 Å². The molecule has 2 heterocycles. The van der Waals surface area contributed by atoms with Crippen LogP contribution in [0.5, 0.6) is 17.2 Å². The van der Waals surface area contributed by atoms with Crippen molar-refractivity contribution >= 4 is 22.3 Å². The molecule has 0 unspecified atom stereocenters. The predicted octanol–water partition coefficient (Wildman–Crippen LogP) is 4.72. The van der Waals surface area contributed by atoms with Gasteiger partial charge in [-0.3, -0.25) is 0 Å². The minimum atomic E-state index is 0.545. The summed E-state index contributed by atoms with van der Waals surface area (Å²) in [5, 5.41) is 0. The number of methoxy groups -OCH3 is 3. The number of benzene rings is 2. The molecule has 0 aliphatic heterocycles. The van der Waals surface area contributed by atoms with Crippen LogP contribution in [0.2, 0.25) is 0 Å². The van der Waals surface area contributed by atoms with Crippen molar-refractivity contribution in [3.8, 4) is 28.6 Å². The summed E-state index contributed by atoms with van der Waals surface area (Å²) in [6, 6.07) is 11.7. The molecule has 0 radical (unpaired) electrons. The van der Waals surface area contributed by atoms with Crippen LogP contribution in [-0.4, -0.2) is 40.8 Å². The third-order valence-corrected chi connectivity index (χ3v) is 5.11. The fourth-order valence-corrected chi connectivity index (χ4v) is 3.53. The molecule has 7 heteroatoms. The van der Waals surface area contributed by atoms with Crippen molar-refractivity contribution < 1.29 is 14.2 Å². The van der Waals surface area contributed by atoms with Gasteiger partial charge in [0.1, 0.15) is 5.82 Å². The molecule has 7 nitrogen and oxygen atoms in total.